The molecule has 0 saturated heterocycles. The van der Waals surface area contributed by atoms with Crippen LogP contribution in [0.1, 0.15) is 16.7 Å². The SMILES string of the molecule is Cc1ccc(OCC(=O)NC(Cc2ccccc2)C(=O)O)c(C)c1. The zero-order chi connectivity index (χ0) is 17.5. The van der Waals surface area contributed by atoms with Crippen molar-refractivity contribution in [1.29, 1.82) is 0 Å². The van der Waals surface area contributed by atoms with Gasteiger partial charge in [0.1, 0.15) is 11.8 Å². The van der Waals surface area contributed by atoms with Crippen molar-refractivity contribution in [2.45, 2.75) is 26.3 Å². The number of hydrogen-bond acceptors (Lipinski definition) is 3. The van der Waals surface area contributed by atoms with E-state index in [0.29, 0.717) is 5.75 Å². The first-order valence-corrected chi connectivity index (χ1v) is 7.72. The lowest BCUT2D eigenvalue weighted by Crippen LogP contribution is -2.44. The van der Waals surface area contributed by atoms with Crippen LogP contribution in [-0.4, -0.2) is 29.6 Å². The second-order valence-corrected chi connectivity index (χ2v) is 5.71. The molecule has 0 saturated carbocycles. The molecule has 24 heavy (non-hydrogen) atoms. The van der Waals surface area contributed by atoms with Crippen LogP contribution in [0, 0.1) is 13.8 Å². The molecule has 0 heterocycles. The van der Waals surface area contributed by atoms with Crippen molar-refractivity contribution >= 4 is 11.9 Å². The maximum absolute atomic E-state index is 12.0. The molecule has 2 aromatic rings. The number of carbonyl (C=O) groups excluding carboxylic acids is 1. The lowest BCUT2D eigenvalue weighted by atomic mass is 10.1. The Labute approximate surface area is 141 Å². The zero-order valence-corrected chi connectivity index (χ0v) is 13.8. The number of aryl methyl sites for hydroxylation is 2. The Kier molecular flexibility index (Phi) is 5.95. The Balaban J connectivity index is 1.92. The molecule has 2 rings (SSSR count). The Morgan fingerprint density at radius 3 is 2.46 bits per heavy atom. The van der Waals surface area contributed by atoms with E-state index in [9.17, 15) is 14.7 Å². The number of carboxylic acids is 1. The monoisotopic (exact) mass is 327 g/mol. The third-order valence-electron chi connectivity index (χ3n) is 3.61. The van der Waals surface area contributed by atoms with Gasteiger partial charge in [0.05, 0.1) is 0 Å². The fourth-order valence-electron chi connectivity index (χ4n) is 2.39. The van der Waals surface area contributed by atoms with Gasteiger partial charge in [0.25, 0.3) is 5.91 Å². The van der Waals surface area contributed by atoms with E-state index in [1.54, 1.807) is 6.07 Å². The molecule has 0 aliphatic carbocycles. The molecule has 0 fully saturated rings. The predicted molar refractivity (Wildman–Crippen MR) is 91.1 cm³/mol. The van der Waals surface area contributed by atoms with Crippen molar-refractivity contribution in [2.24, 2.45) is 0 Å². The smallest absolute Gasteiger partial charge is 0.326 e. The molecule has 1 unspecified atom stereocenters. The van der Waals surface area contributed by atoms with E-state index < -0.39 is 17.9 Å². The van der Waals surface area contributed by atoms with Gasteiger partial charge >= 0.3 is 5.97 Å². The molecule has 0 aliphatic rings. The predicted octanol–water partition coefficient (Wildman–Crippen LogP) is 2.49. The highest BCUT2D eigenvalue weighted by molar-refractivity contribution is 5.84. The summed E-state index contributed by atoms with van der Waals surface area (Å²) in [6.07, 6.45) is 0.228. The Morgan fingerprint density at radius 1 is 1.12 bits per heavy atom. The number of ether oxygens (including phenoxy) is 1. The van der Waals surface area contributed by atoms with E-state index in [1.807, 2.05) is 56.3 Å². The first kappa shape index (κ1) is 17.5. The molecular formula is C19H21NO4. The average Bonchev–Trinajstić information content (AvgIpc) is 2.54. The van der Waals surface area contributed by atoms with E-state index in [0.717, 1.165) is 16.7 Å². The van der Waals surface area contributed by atoms with Crippen molar-refractivity contribution in [3.63, 3.8) is 0 Å². The fraction of sp³-hybridized carbons (Fsp3) is 0.263. The number of hydrogen-bond donors (Lipinski definition) is 2. The van der Waals surface area contributed by atoms with Crippen molar-refractivity contribution in [3.8, 4) is 5.75 Å². The highest BCUT2D eigenvalue weighted by Gasteiger charge is 2.20. The zero-order valence-electron chi connectivity index (χ0n) is 13.8. The Bertz CT molecular complexity index is 713. The van der Waals surface area contributed by atoms with Crippen molar-refractivity contribution in [3.05, 3.63) is 65.2 Å². The fourth-order valence-corrected chi connectivity index (χ4v) is 2.39. The summed E-state index contributed by atoms with van der Waals surface area (Å²) >= 11 is 0. The number of nitrogens with one attached hydrogen (secondary N) is 1. The highest BCUT2D eigenvalue weighted by Crippen LogP contribution is 2.18. The molecule has 1 amide bonds. The quantitative estimate of drug-likeness (QED) is 0.819. The summed E-state index contributed by atoms with van der Waals surface area (Å²) in [6.45, 7) is 3.66. The van der Waals surface area contributed by atoms with Crippen LogP contribution in [0.15, 0.2) is 48.5 Å². The Hall–Kier alpha value is -2.82. The molecule has 2 aromatic carbocycles. The second-order valence-electron chi connectivity index (χ2n) is 5.71. The standard InChI is InChI=1S/C19H21NO4/c1-13-8-9-17(14(2)10-13)24-12-18(21)20-16(19(22)23)11-15-6-4-3-5-7-15/h3-10,16H,11-12H2,1-2H3,(H,20,21)(H,22,23). The van der Waals surface area contributed by atoms with Crippen molar-refractivity contribution in [1.82, 2.24) is 5.32 Å². The van der Waals surface area contributed by atoms with E-state index in [-0.39, 0.29) is 13.0 Å². The van der Waals surface area contributed by atoms with Gasteiger partial charge in [-0.2, -0.15) is 0 Å². The van der Waals surface area contributed by atoms with E-state index in [2.05, 4.69) is 5.32 Å². The first-order chi connectivity index (χ1) is 11.5. The summed E-state index contributed by atoms with van der Waals surface area (Å²) in [7, 11) is 0. The Morgan fingerprint density at radius 2 is 1.83 bits per heavy atom. The molecule has 0 radical (unpaired) electrons. The molecule has 1 atom stereocenters. The highest BCUT2D eigenvalue weighted by atomic mass is 16.5. The van der Waals surface area contributed by atoms with Crippen molar-refractivity contribution in [2.75, 3.05) is 6.61 Å². The average molecular weight is 327 g/mol. The van der Waals surface area contributed by atoms with E-state index in [4.69, 9.17) is 4.74 Å². The lowest BCUT2D eigenvalue weighted by Gasteiger charge is -2.15. The van der Waals surface area contributed by atoms with Crippen LogP contribution in [-0.2, 0) is 16.0 Å². The number of carbonyl (C=O) groups is 2. The van der Waals surface area contributed by atoms with Crippen LogP contribution >= 0.6 is 0 Å². The second kappa shape index (κ2) is 8.15. The maximum atomic E-state index is 12.0. The summed E-state index contributed by atoms with van der Waals surface area (Å²) in [6, 6.07) is 13.9. The molecular weight excluding hydrogens is 306 g/mol. The largest absolute Gasteiger partial charge is 0.484 e. The first-order valence-electron chi connectivity index (χ1n) is 7.72. The summed E-state index contributed by atoms with van der Waals surface area (Å²) < 4.78 is 5.48. The molecule has 0 aromatic heterocycles. The molecule has 5 nitrogen and oxygen atoms in total. The molecule has 0 spiro atoms. The number of amides is 1. The molecule has 0 aliphatic heterocycles. The third-order valence-corrected chi connectivity index (χ3v) is 3.61. The normalized spacial score (nSPS) is 11.6. The van der Waals surface area contributed by atoms with Crippen LogP contribution < -0.4 is 10.1 Å². The van der Waals surface area contributed by atoms with Crippen LogP contribution in [0.4, 0.5) is 0 Å². The van der Waals surface area contributed by atoms with Crippen LogP contribution in [0.25, 0.3) is 0 Å². The van der Waals surface area contributed by atoms with Gasteiger partial charge in [-0.3, -0.25) is 4.79 Å². The summed E-state index contributed by atoms with van der Waals surface area (Å²) in [4.78, 5) is 23.3. The van der Waals surface area contributed by atoms with Crippen molar-refractivity contribution < 1.29 is 19.4 Å². The molecule has 2 N–H and O–H groups in total. The minimum Gasteiger partial charge on any atom is -0.484 e. The summed E-state index contributed by atoms with van der Waals surface area (Å²) in [5.41, 5.74) is 2.89. The third kappa shape index (κ3) is 5.12. The van der Waals surface area contributed by atoms with Crippen LogP contribution in [0.5, 0.6) is 5.75 Å². The van der Waals surface area contributed by atoms with E-state index >= 15 is 0 Å². The molecule has 5 heteroatoms. The summed E-state index contributed by atoms with van der Waals surface area (Å²) in [5, 5.41) is 11.8. The van der Waals surface area contributed by atoms with Gasteiger partial charge in [0, 0.05) is 6.42 Å². The van der Waals surface area contributed by atoms with Gasteiger partial charge in [-0.15, -0.1) is 0 Å². The van der Waals surface area contributed by atoms with Gasteiger partial charge in [-0.05, 0) is 31.0 Å². The van der Waals surface area contributed by atoms with Gasteiger partial charge in [0.15, 0.2) is 6.61 Å². The van der Waals surface area contributed by atoms with Crippen LogP contribution in [0.2, 0.25) is 0 Å². The summed E-state index contributed by atoms with van der Waals surface area (Å²) in [5.74, 6) is -0.914. The molecule has 0 bridgehead atoms. The topological polar surface area (TPSA) is 75.6 Å². The number of carboxylic acid groups (broad SMARTS) is 1. The van der Waals surface area contributed by atoms with Gasteiger partial charge in [0.2, 0.25) is 0 Å². The molecule has 126 valence electrons. The minimum absolute atomic E-state index is 0.220. The number of rotatable bonds is 7. The van der Waals surface area contributed by atoms with E-state index in [1.165, 1.54) is 0 Å². The number of aliphatic carboxylic acids is 1. The maximum Gasteiger partial charge on any atom is 0.326 e. The van der Waals surface area contributed by atoms with Gasteiger partial charge < -0.3 is 15.2 Å². The van der Waals surface area contributed by atoms with Gasteiger partial charge in [-0.1, -0.05) is 48.0 Å². The van der Waals surface area contributed by atoms with Gasteiger partial charge in [-0.25, -0.2) is 4.79 Å². The van der Waals surface area contributed by atoms with Crippen LogP contribution in [0.3, 0.4) is 0 Å². The minimum atomic E-state index is -1.07. The number of benzene rings is 2. The lowest BCUT2D eigenvalue weighted by molar-refractivity contribution is -0.142.